The molecule has 0 spiro atoms. The van der Waals surface area contributed by atoms with Gasteiger partial charge < -0.3 is 9.72 Å². The number of aryl methyl sites for hydroxylation is 1. The van der Waals surface area contributed by atoms with Crippen molar-refractivity contribution in [3.63, 3.8) is 0 Å². The topological polar surface area (TPSA) is 57.3 Å². The van der Waals surface area contributed by atoms with Crippen molar-refractivity contribution < 1.29 is 17.9 Å². The predicted molar refractivity (Wildman–Crippen MR) is 128 cm³/mol. The number of likely N-dealkylation sites (tertiary alicyclic amines) is 2. The molecule has 1 aromatic carbocycles. The Bertz CT molecular complexity index is 1160. The highest BCUT2D eigenvalue weighted by molar-refractivity contribution is 5.81. The lowest BCUT2D eigenvalue weighted by Crippen LogP contribution is -2.42. The summed E-state index contributed by atoms with van der Waals surface area (Å²) in [4.78, 5) is 16.9. The van der Waals surface area contributed by atoms with Gasteiger partial charge in [-0.1, -0.05) is 12.1 Å². The van der Waals surface area contributed by atoms with Crippen LogP contribution in [0.2, 0.25) is 0 Å². The minimum absolute atomic E-state index is 0.106. The Morgan fingerprint density at radius 3 is 2.57 bits per heavy atom. The summed E-state index contributed by atoms with van der Waals surface area (Å²) in [5, 5.41) is 0. The van der Waals surface area contributed by atoms with Crippen LogP contribution in [0, 0.1) is 6.92 Å². The maximum atomic E-state index is 12.7. The molecule has 2 saturated heterocycles. The summed E-state index contributed by atoms with van der Waals surface area (Å²) in [5.74, 6) is 1.63. The number of imidazole rings is 1. The first-order valence-electron chi connectivity index (χ1n) is 12.4. The molecule has 3 aromatic rings. The van der Waals surface area contributed by atoms with E-state index in [1.807, 2.05) is 30.5 Å². The number of ether oxygens (including phenoxy) is 1. The molecule has 0 amide bonds. The largest absolute Gasteiger partial charge is 0.488 e. The number of fused-ring (bicyclic) bond motifs is 1. The van der Waals surface area contributed by atoms with Gasteiger partial charge in [0, 0.05) is 19.3 Å². The number of aromatic amines is 1. The van der Waals surface area contributed by atoms with E-state index < -0.39 is 12.7 Å². The Labute approximate surface area is 203 Å². The number of pyridine rings is 1. The highest BCUT2D eigenvalue weighted by atomic mass is 19.4. The smallest absolute Gasteiger partial charge is 0.401 e. The van der Waals surface area contributed by atoms with Crippen molar-refractivity contribution >= 4 is 11.0 Å². The van der Waals surface area contributed by atoms with Crippen molar-refractivity contribution in [2.24, 2.45) is 0 Å². The zero-order chi connectivity index (χ0) is 24.6. The van der Waals surface area contributed by atoms with Crippen molar-refractivity contribution in [1.29, 1.82) is 0 Å². The quantitative estimate of drug-likeness (QED) is 0.510. The summed E-state index contributed by atoms with van der Waals surface area (Å²) in [5.41, 5.74) is 4.02. The fourth-order valence-electron chi connectivity index (χ4n) is 5.53. The maximum Gasteiger partial charge on any atom is 0.401 e. The number of para-hydroxylation sites is 1. The number of hydrogen-bond donors (Lipinski definition) is 1. The number of hydrogen-bond acceptors (Lipinski definition) is 5. The summed E-state index contributed by atoms with van der Waals surface area (Å²) in [6, 6.07) is 10.3. The second-order valence-corrected chi connectivity index (χ2v) is 9.81. The summed E-state index contributed by atoms with van der Waals surface area (Å²) < 4.78 is 44.4. The molecule has 4 heterocycles. The molecule has 5 rings (SSSR count). The van der Waals surface area contributed by atoms with Gasteiger partial charge in [0.1, 0.15) is 23.2 Å². The highest BCUT2D eigenvalue weighted by Gasteiger charge is 2.34. The van der Waals surface area contributed by atoms with Crippen LogP contribution in [0.25, 0.3) is 11.0 Å². The number of piperidine rings is 2. The normalized spacial score (nSPS) is 23.1. The van der Waals surface area contributed by atoms with Crippen LogP contribution in [0.3, 0.4) is 0 Å². The van der Waals surface area contributed by atoms with Crippen molar-refractivity contribution in [1.82, 2.24) is 24.8 Å². The van der Waals surface area contributed by atoms with E-state index in [0.29, 0.717) is 31.7 Å². The zero-order valence-electron chi connectivity index (χ0n) is 20.2. The van der Waals surface area contributed by atoms with Crippen LogP contribution in [0.5, 0.6) is 5.75 Å². The number of nitrogens with one attached hydrogen (secondary N) is 1. The zero-order valence-corrected chi connectivity index (χ0v) is 20.2. The van der Waals surface area contributed by atoms with Gasteiger partial charge in [-0.3, -0.25) is 14.8 Å². The average molecular weight is 488 g/mol. The van der Waals surface area contributed by atoms with Gasteiger partial charge in [-0.25, -0.2) is 4.98 Å². The molecule has 2 aliphatic heterocycles. The Balaban J connectivity index is 1.31. The van der Waals surface area contributed by atoms with Gasteiger partial charge in [0.05, 0.1) is 29.8 Å². The average Bonchev–Trinajstić information content (AvgIpc) is 3.25. The van der Waals surface area contributed by atoms with Gasteiger partial charge >= 0.3 is 6.18 Å². The molecule has 0 unspecified atom stereocenters. The molecule has 35 heavy (non-hydrogen) atoms. The molecule has 2 aromatic heterocycles. The minimum Gasteiger partial charge on any atom is -0.488 e. The number of H-pyrrole nitrogens is 1. The van der Waals surface area contributed by atoms with E-state index in [0.717, 1.165) is 41.8 Å². The Morgan fingerprint density at radius 1 is 1.06 bits per heavy atom. The van der Waals surface area contributed by atoms with Crippen molar-refractivity contribution in [2.45, 2.75) is 63.4 Å². The fraction of sp³-hybridized carbons (Fsp3) is 0.538. The summed E-state index contributed by atoms with van der Waals surface area (Å²) in [6.45, 7) is 2.02. The van der Waals surface area contributed by atoms with Crippen molar-refractivity contribution in [3.8, 4) is 5.75 Å². The van der Waals surface area contributed by atoms with Crippen LogP contribution in [-0.4, -0.2) is 63.7 Å². The molecular formula is C26H32F3N5O. The first-order valence-corrected chi connectivity index (χ1v) is 12.4. The van der Waals surface area contributed by atoms with E-state index >= 15 is 0 Å². The lowest BCUT2D eigenvalue weighted by Gasteiger charge is -2.38. The molecule has 0 bridgehead atoms. The second-order valence-electron chi connectivity index (χ2n) is 9.81. The van der Waals surface area contributed by atoms with Gasteiger partial charge in [0.15, 0.2) is 0 Å². The molecule has 9 heteroatoms. The van der Waals surface area contributed by atoms with Crippen LogP contribution >= 0.6 is 0 Å². The molecule has 2 fully saturated rings. The third-order valence-electron chi connectivity index (χ3n) is 7.35. The van der Waals surface area contributed by atoms with Crippen LogP contribution < -0.4 is 4.74 Å². The number of benzene rings is 1. The molecule has 6 nitrogen and oxygen atoms in total. The third-order valence-corrected chi connectivity index (χ3v) is 7.35. The van der Waals surface area contributed by atoms with Crippen LogP contribution in [0.1, 0.15) is 61.3 Å². The molecule has 2 aliphatic rings. The Kier molecular flexibility index (Phi) is 6.72. The molecule has 0 saturated carbocycles. The third kappa shape index (κ3) is 5.30. The standard InChI is InChI=1S/C26H32F3N5O/c1-17-6-5-13-30-23(17)20-8-4-9-21(33(20)2)25-31-19-7-3-10-22(24(19)32-25)35-18-11-14-34(15-12-18)16-26(27,28)29/h3,5-7,10,13,18,20-21H,4,8-9,11-12,14-16H2,1-2H3,(H,31,32)/t20-,21+/m0/s1. The Morgan fingerprint density at radius 2 is 1.83 bits per heavy atom. The van der Waals surface area contributed by atoms with E-state index in [-0.39, 0.29) is 18.2 Å². The SMILES string of the molecule is Cc1cccnc1[C@@H]1CCC[C@H](c2nc3cccc(OC4CCN(CC(F)(F)F)CC4)c3[nH]2)N1C. The van der Waals surface area contributed by atoms with E-state index in [1.54, 1.807) is 0 Å². The van der Waals surface area contributed by atoms with Crippen LogP contribution in [-0.2, 0) is 0 Å². The molecule has 0 aliphatic carbocycles. The number of alkyl halides is 3. The highest BCUT2D eigenvalue weighted by Crippen LogP contribution is 2.40. The molecule has 1 N–H and O–H groups in total. The molecule has 2 atom stereocenters. The van der Waals surface area contributed by atoms with E-state index in [2.05, 4.69) is 34.9 Å². The number of rotatable bonds is 5. The first kappa shape index (κ1) is 24.1. The molecule has 188 valence electrons. The van der Waals surface area contributed by atoms with Gasteiger partial charge in [0.25, 0.3) is 0 Å². The summed E-state index contributed by atoms with van der Waals surface area (Å²) >= 11 is 0. The van der Waals surface area contributed by atoms with Crippen LogP contribution in [0.4, 0.5) is 13.2 Å². The van der Waals surface area contributed by atoms with Crippen molar-refractivity contribution in [2.75, 3.05) is 26.7 Å². The lowest BCUT2D eigenvalue weighted by molar-refractivity contribution is -0.149. The number of halogens is 3. The first-order chi connectivity index (χ1) is 16.8. The van der Waals surface area contributed by atoms with E-state index in [4.69, 9.17) is 9.72 Å². The van der Waals surface area contributed by atoms with Gasteiger partial charge in [-0.15, -0.1) is 0 Å². The Hall–Kier alpha value is -2.65. The predicted octanol–water partition coefficient (Wildman–Crippen LogP) is 5.57. The fourth-order valence-corrected chi connectivity index (χ4v) is 5.53. The van der Waals surface area contributed by atoms with Gasteiger partial charge in [-0.05, 0) is 69.8 Å². The summed E-state index contributed by atoms with van der Waals surface area (Å²) in [7, 11) is 2.14. The number of nitrogens with zero attached hydrogens (tertiary/aromatic N) is 4. The van der Waals surface area contributed by atoms with Gasteiger partial charge in [0.2, 0.25) is 0 Å². The van der Waals surface area contributed by atoms with Crippen LogP contribution in [0.15, 0.2) is 36.5 Å². The lowest BCUT2D eigenvalue weighted by atomic mass is 9.92. The minimum atomic E-state index is -4.16. The summed E-state index contributed by atoms with van der Waals surface area (Å²) in [6.07, 6.45) is 1.90. The van der Waals surface area contributed by atoms with E-state index in [9.17, 15) is 13.2 Å². The molecule has 0 radical (unpaired) electrons. The monoisotopic (exact) mass is 487 g/mol. The molecular weight excluding hydrogens is 455 g/mol. The van der Waals surface area contributed by atoms with E-state index in [1.165, 1.54) is 10.5 Å². The second kappa shape index (κ2) is 9.78. The maximum absolute atomic E-state index is 12.7. The number of aromatic nitrogens is 3. The van der Waals surface area contributed by atoms with Gasteiger partial charge in [-0.2, -0.15) is 13.2 Å². The van der Waals surface area contributed by atoms with Crippen molar-refractivity contribution in [3.05, 3.63) is 53.6 Å².